The molecule has 0 saturated carbocycles. The van der Waals surface area contributed by atoms with Crippen LogP contribution in [-0.4, -0.2) is 36.1 Å². The third-order valence-corrected chi connectivity index (χ3v) is 6.42. The molecule has 0 bridgehead atoms. The standard InChI is InChI=1S/C31H34N4O4/c1-5-17-35-28(22-11-8-7-9-12-22)26(29(36)39-6-2)27(34-31(35)38)23-13-10-14-24(19-23)32-30(37)33-25-16-15-20(3)18-21(25)4/h7-16,18-19,27H,5-6,17H2,1-4H3,(H,34,38)(H2,32,33,37). The molecule has 0 spiro atoms. The van der Waals surface area contributed by atoms with Gasteiger partial charge in [0.2, 0.25) is 0 Å². The number of carbonyl (C=O) groups excluding carboxylic acids is 3. The third-order valence-electron chi connectivity index (χ3n) is 6.42. The molecule has 8 heteroatoms. The van der Waals surface area contributed by atoms with E-state index >= 15 is 0 Å². The zero-order valence-electron chi connectivity index (χ0n) is 22.7. The largest absolute Gasteiger partial charge is 0.463 e. The van der Waals surface area contributed by atoms with Crippen molar-refractivity contribution in [3.63, 3.8) is 0 Å². The molecular weight excluding hydrogens is 492 g/mol. The van der Waals surface area contributed by atoms with E-state index in [1.807, 2.05) is 75.4 Å². The summed E-state index contributed by atoms with van der Waals surface area (Å²) in [5.74, 6) is -0.506. The second kappa shape index (κ2) is 12.3. The maximum atomic E-state index is 13.4. The average molecular weight is 527 g/mol. The third kappa shape index (κ3) is 6.29. The van der Waals surface area contributed by atoms with Crippen LogP contribution in [0.25, 0.3) is 5.70 Å². The Bertz CT molecular complexity index is 1400. The number of esters is 1. The number of ether oxygens (including phenoxy) is 1. The van der Waals surface area contributed by atoms with Crippen molar-refractivity contribution in [1.82, 2.24) is 10.2 Å². The summed E-state index contributed by atoms with van der Waals surface area (Å²) >= 11 is 0. The fourth-order valence-electron chi connectivity index (χ4n) is 4.71. The van der Waals surface area contributed by atoms with Crippen molar-refractivity contribution >= 4 is 35.1 Å². The number of rotatable bonds is 8. The fraction of sp³-hybridized carbons (Fsp3) is 0.258. The highest BCUT2D eigenvalue weighted by molar-refractivity contribution is 6.05. The van der Waals surface area contributed by atoms with Crippen LogP contribution < -0.4 is 16.0 Å². The molecule has 0 aliphatic carbocycles. The highest BCUT2D eigenvalue weighted by Gasteiger charge is 2.38. The van der Waals surface area contributed by atoms with Gasteiger partial charge in [-0.05, 0) is 62.1 Å². The molecule has 202 valence electrons. The van der Waals surface area contributed by atoms with Gasteiger partial charge in [0.1, 0.15) is 0 Å². The van der Waals surface area contributed by atoms with Gasteiger partial charge in [-0.1, -0.05) is 67.1 Å². The second-order valence-corrected chi connectivity index (χ2v) is 9.41. The Morgan fingerprint density at radius 2 is 1.72 bits per heavy atom. The number of benzene rings is 3. The Kier molecular flexibility index (Phi) is 8.66. The predicted octanol–water partition coefficient (Wildman–Crippen LogP) is 6.40. The van der Waals surface area contributed by atoms with Crippen molar-refractivity contribution < 1.29 is 19.1 Å². The average Bonchev–Trinajstić information content (AvgIpc) is 2.92. The number of aryl methyl sites for hydroxylation is 2. The van der Waals surface area contributed by atoms with Gasteiger partial charge in [0.05, 0.1) is 23.9 Å². The smallest absolute Gasteiger partial charge is 0.338 e. The van der Waals surface area contributed by atoms with E-state index in [1.54, 1.807) is 30.0 Å². The molecule has 8 nitrogen and oxygen atoms in total. The molecule has 3 aromatic rings. The van der Waals surface area contributed by atoms with Gasteiger partial charge in [0.25, 0.3) is 0 Å². The molecule has 3 aromatic carbocycles. The quantitative estimate of drug-likeness (QED) is 0.296. The fourth-order valence-corrected chi connectivity index (χ4v) is 4.71. The first-order chi connectivity index (χ1) is 18.8. The highest BCUT2D eigenvalue weighted by atomic mass is 16.5. The number of amides is 4. The lowest BCUT2D eigenvalue weighted by atomic mass is 9.91. The van der Waals surface area contributed by atoms with E-state index in [0.29, 0.717) is 41.2 Å². The molecule has 1 atom stereocenters. The first kappa shape index (κ1) is 27.4. The first-order valence-electron chi connectivity index (χ1n) is 13.1. The van der Waals surface area contributed by atoms with Crippen LogP contribution in [0, 0.1) is 13.8 Å². The molecule has 0 saturated heterocycles. The summed E-state index contributed by atoms with van der Waals surface area (Å²) in [6.07, 6.45) is 0.708. The van der Waals surface area contributed by atoms with Gasteiger partial charge in [0.15, 0.2) is 0 Å². The molecule has 0 fully saturated rings. The van der Waals surface area contributed by atoms with Gasteiger partial charge in [0, 0.05) is 17.9 Å². The van der Waals surface area contributed by atoms with Gasteiger partial charge in [-0.15, -0.1) is 0 Å². The van der Waals surface area contributed by atoms with Crippen LogP contribution in [0.4, 0.5) is 21.0 Å². The van der Waals surface area contributed by atoms with Crippen molar-refractivity contribution in [3.8, 4) is 0 Å². The molecule has 1 aliphatic rings. The van der Waals surface area contributed by atoms with Crippen molar-refractivity contribution in [2.75, 3.05) is 23.8 Å². The minimum Gasteiger partial charge on any atom is -0.463 e. The van der Waals surface area contributed by atoms with E-state index in [1.165, 1.54) is 0 Å². The van der Waals surface area contributed by atoms with Gasteiger partial charge in [-0.25, -0.2) is 14.4 Å². The summed E-state index contributed by atoms with van der Waals surface area (Å²) in [6.45, 7) is 8.29. The van der Waals surface area contributed by atoms with Crippen molar-refractivity contribution in [2.24, 2.45) is 0 Å². The molecule has 39 heavy (non-hydrogen) atoms. The topological polar surface area (TPSA) is 99.8 Å². The van der Waals surface area contributed by atoms with E-state index in [2.05, 4.69) is 16.0 Å². The number of carbonyl (C=O) groups is 3. The number of anilines is 2. The van der Waals surface area contributed by atoms with Crippen LogP contribution in [0.5, 0.6) is 0 Å². The van der Waals surface area contributed by atoms with Gasteiger partial charge >= 0.3 is 18.0 Å². The molecule has 1 unspecified atom stereocenters. The Balaban J connectivity index is 1.72. The summed E-state index contributed by atoms with van der Waals surface area (Å²) in [7, 11) is 0. The minimum atomic E-state index is -0.774. The summed E-state index contributed by atoms with van der Waals surface area (Å²) in [5.41, 5.74) is 5.55. The number of hydrogen-bond acceptors (Lipinski definition) is 4. The Labute approximate surface area is 229 Å². The Morgan fingerprint density at radius 3 is 2.41 bits per heavy atom. The lowest BCUT2D eigenvalue weighted by Gasteiger charge is -2.37. The second-order valence-electron chi connectivity index (χ2n) is 9.41. The molecule has 1 heterocycles. The van der Waals surface area contributed by atoms with Crippen molar-refractivity contribution in [2.45, 2.75) is 40.2 Å². The van der Waals surface area contributed by atoms with E-state index in [0.717, 1.165) is 16.7 Å². The van der Waals surface area contributed by atoms with E-state index in [4.69, 9.17) is 4.74 Å². The Hall–Kier alpha value is -4.59. The van der Waals surface area contributed by atoms with Crippen molar-refractivity contribution in [3.05, 3.63) is 101 Å². The summed E-state index contributed by atoms with van der Waals surface area (Å²) in [6, 6.07) is 20.8. The summed E-state index contributed by atoms with van der Waals surface area (Å²) < 4.78 is 5.47. The number of nitrogens with one attached hydrogen (secondary N) is 3. The first-order valence-corrected chi connectivity index (χ1v) is 13.1. The lowest BCUT2D eigenvalue weighted by Crippen LogP contribution is -2.48. The number of urea groups is 2. The number of nitrogens with zero attached hydrogens (tertiary/aromatic N) is 1. The van der Waals surface area contributed by atoms with Gasteiger partial charge in [-0.2, -0.15) is 0 Å². The summed E-state index contributed by atoms with van der Waals surface area (Å²) in [4.78, 5) is 41.1. The van der Waals surface area contributed by atoms with Gasteiger partial charge < -0.3 is 20.7 Å². The zero-order chi connectivity index (χ0) is 27.9. The molecule has 4 amide bonds. The van der Waals surface area contributed by atoms with Crippen LogP contribution in [0.1, 0.15) is 48.6 Å². The molecule has 1 aliphatic heterocycles. The van der Waals surface area contributed by atoms with Crippen LogP contribution in [0.2, 0.25) is 0 Å². The van der Waals surface area contributed by atoms with Crippen LogP contribution in [0.15, 0.2) is 78.4 Å². The molecule has 0 aromatic heterocycles. The molecule has 4 rings (SSSR count). The predicted molar refractivity (Wildman–Crippen MR) is 153 cm³/mol. The molecule has 0 radical (unpaired) electrons. The SMILES string of the molecule is CCCN1C(=O)NC(c2cccc(NC(=O)Nc3ccc(C)cc3C)c2)C(C(=O)OCC)=C1c1ccccc1. The van der Waals surface area contributed by atoms with E-state index in [-0.39, 0.29) is 12.6 Å². The lowest BCUT2D eigenvalue weighted by molar-refractivity contribution is -0.138. The van der Waals surface area contributed by atoms with Crippen LogP contribution in [0.3, 0.4) is 0 Å². The number of hydrogen-bond donors (Lipinski definition) is 3. The maximum Gasteiger partial charge on any atom is 0.338 e. The van der Waals surface area contributed by atoms with E-state index in [9.17, 15) is 14.4 Å². The summed E-state index contributed by atoms with van der Waals surface area (Å²) in [5, 5.41) is 8.72. The van der Waals surface area contributed by atoms with Gasteiger partial charge in [-0.3, -0.25) is 4.90 Å². The molecule has 3 N–H and O–H groups in total. The zero-order valence-corrected chi connectivity index (χ0v) is 22.7. The monoisotopic (exact) mass is 526 g/mol. The van der Waals surface area contributed by atoms with Crippen LogP contribution >= 0.6 is 0 Å². The Morgan fingerprint density at radius 1 is 0.949 bits per heavy atom. The van der Waals surface area contributed by atoms with Crippen molar-refractivity contribution in [1.29, 1.82) is 0 Å². The maximum absolute atomic E-state index is 13.4. The highest BCUT2D eigenvalue weighted by Crippen LogP contribution is 2.37. The van der Waals surface area contributed by atoms with E-state index < -0.39 is 18.0 Å². The normalized spacial score (nSPS) is 15.0. The van der Waals surface area contributed by atoms with Crippen LogP contribution in [-0.2, 0) is 9.53 Å². The minimum absolute atomic E-state index is 0.193. The molecular formula is C31H34N4O4.